The summed E-state index contributed by atoms with van der Waals surface area (Å²) in [5.41, 5.74) is 1.98. The van der Waals surface area contributed by atoms with Crippen molar-refractivity contribution in [1.29, 1.82) is 0 Å². The maximum Gasteiger partial charge on any atom is 0.407 e. The molecule has 0 unspecified atom stereocenters. The van der Waals surface area contributed by atoms with Gasteiger partial charge in [-0.3, -0.25) is 4.99 Å². The van der Waals surface area contributed by atoms with E-state index in [1.165, 1.54) is 11.1 Å². The van der Waals surface area contributed by atoms with Gasteiger partial charge in [-0.15, -0.1) is 24.0 Å². The van der Waals surface area contributed by atoms with Gasteiger partial charge in [-0.1, -0.05) is 29.8 Å². The number of carbonyl (C=O) groups is 1. The first-order valence-electron chi connectivity index (χ1n) is 8.15. The Morgan fingerprint density at radius 2 is 1.72 bits per heavy atom. The van der Waals surface area contributed by atoms with Crippen LogP contribution >= 0.6 is 24.0 Å². The smallest absolute Gasteiger partial charge is 0.407 e. The second-order valence-electron chi connectivity index (χ2n) is 6.74. The van der Waals surface area contributed by atoms with Crippen LogP contribution in [0, 0.1) is 6.92 Å². The number of guanidine groups is 1. The van der Waals surface area contributed by atoms with Crippen LogP contribution in [-0.4, -0.2) is 49.7 Å². The second kappa shape index (κ2) is 11.2. The lowest BCUT2D eigenvalue weighted by atomic mass is 10.1. The van der Waals surface area contributed by atoms with Crippen LogP contribution < -0.4 is 10.6 Å². The van der Waals surface area contributed by atoms with Crippen molar-refractivity contribution in [2.75, 3.05) is 27.2 Å². The third-order valence-corrected chi connectivity index (χ3v) is 3.19. The summed E-state index contributed by atoms with van der Waals surface area (Å²) in [4.78, 5) is 17.9. The van der Waals surface area contributed by atoms with E-state index in [0.29, 0.717) is 13.1 Å². The van der Waals surface area contributed by atoms with E-state index >= 15 is 0 Å². The first-order chi connectivity index (χ1) is 11.2. The van der Waals surface area contributed by atoms with E-state index in [-0.39, 0.29) is 24.0 Å². The fraction of sp³-hybridized carbons (Fsp3) is 0.556. The first kappa shape index (κ1) is 23.5. The van der Waals surface area contributed by atoms with Crippen molar-refractivity contribution in [2.45, 2.75) is 39.8 Å². The minimum Gasteiger partial charge on any atom is -0.444 e. The first-order valence-corrected chi connectivity index (χ1v) is 8.15. The van der Waals surface area contributed by atoms with Gasteiger partial charge < -0.3 is 20.3 Å². The highest BCUT2D eigenvalue weighted by Crippen LogP contribution is 2.07. The molecule has 0 saturated heterocycles. The molecule has 0 atom stereocenters. The van der Waals surface area contributed by atoms with E-state index in [1.807, 2.05) is 32.7 Å². The summed E-state index contributed by atoms with van der Waals surface area (Å²) in [6.07, 6.45) is -0.410. The van der Waals surface area contributed by atoms with Crippen molar-refractivity contribution >= 4 is 36.0 Å². The number of nitrogens with one attached hydrogen (secondary N) is 2. The predicted octanol–water partition coefficient (Wildman–Crippen LogP) is 3.14. The monoisotopic (exact) mass is 462 g/mol. The molecule has 0 saturated carbocycles. The quantitative estimate of drug-likeness (QED) is 0.306. The zero-order valence-electron chi connectivity index (χ0n) is 16.0. The minimum atomic E-state index is -0.484. The summed E-state index contributed by atoms with van der Waals surface area (Å²) in [7, 11) is 3.73. The molecule has 1 amide bonds. The van der Waals surface area contributed by atoms with Crippen LogP contribution in [0.3, 0.4) is 0 Å². The molecule has 2 N–H and O–H groups in total. The summed E-state index contributed by atoms with van der Waals surface area (Å²) < 4.78 is 5.19. The van der Waals surface area contributed by atoms with Crippen molar-refractivity contribution in [2.24, 2.45) is 4.99 Å². The molecule has 1 aromatic rings. The molecule has 1 rings (SSSR count). The predicted molar refractivity (Wildman–Crippen MR) is 114 cm³/mol. The standard InChI is InChI=1S/C18H30N4O2.HI/c1-14-7-9-15(10-8-14)13-22(6)16(19-5)20-11-12-21-17(23)24-18(2,3)4;/h7-10H,11-13H2,1-6H3,(H,19,20)(H,21,23);1H. The van der Waals surface area contributed by atoms with Gasteiger partial charge in [0.25, 0.3) is 0 Å². The number of nitrogens with zero attached hydrogens (tertiary/aromatic N) is 2. The van der Waals surface area contributed by atoms with E-state index in [1.54, 1.807) is 7.05 Å². The summed E-state index contributed by atoms with van der Waals surface area (Å²) in [6.45, 7) is 9.40. The molecule has 0 bridgehead atoms. The van der Waals surface area contributed by atoms with Crippen molar-refractivity contribution in [3.05, 3.63) is 35.4 Å². The van der Waals surface area contributed by atoms with Gasteiger partial charge in [0, 0.05) is 33.7 Å². The molecule has 7 heteroatoms. The summed E-state index contributed by atoms with van der Waals surface area (Å²) >= 11 is 0. The van der Waals surface area contributed by atoms with Crippen LogP contribution in [0.2, 0.25) is 0 Å². The van der Waals surface area contributed by atoms with Crippen molar-refractivity contribution in [3.63, 3.8) is 0 Å². The van der Waals surface area contributed by atoms with E-state index < -0.39 is 11.7 Å². The number of carbonyl (C=O) groups excluding carboxylic acids is 1. The number of rotatable bonds is 5. The number of hydrogen-bond acceptors (Lipinski definition) is 3. The van der Waals surface area contributed by atoms with Crippen molar-refractivity contribution < 1.29 is 9.53 Å². The zero-order valence-corrected chi connectivity index (χ0v) is 18.4. The second-order valence-corrected chi connectivity index (χ2v) is 6.74. The third-order valence-electron chi connectivity index (χ3n) is 3.19. The molecule has 0 spiro atoms. The molecule has 0 aliphatic rings. The van der Waals surface area contributed by atoms with Crippen LogP contribution in [0.4, 0.5) is 4.79 Å². The molecule has 142 valence electrons. The van der Waals surface area contributed by atoms with Gasteiger partial charge in [0.2, 0.25) is 0 Å². The van der Waals surface area contributed by atoms with E-state index in [4.69, 9.17) is 4.74 Å². The largest absolute Gasteiger partial charge is 0.444 e. The number of aryl methyl sites for hydroxylation is 1. The Labute approximate surface area is 168 Å². The third kappa shape index (κ3) is 10.2. The Hall–Kier alpha value is -1.51. The Bertz CT molecular complexity index is 553. The van der Waals surface area contributed by atoms with Gasteiger partial charge >= 0.3 is 6.09 Å². The number of aliphatic imine (C=N–C) groups is 1. The molecule has 6 nitrogen and oxygen atoms in total. The van der Waals surface area contributed by atoms with Crippen LogP contribution in [0.5, 0.6) is 0 Å². The van der Waals surface area contributed by atoms with Gasteiger partial charge in [-0.2, -0.15) is 0 Å². The average molecular weight is 462 g/mol. The van der Waals surface area contributed by atoms with Crippen LogP contribution in [0.1, 0.15) is 31.9 Å². The highest BCUT2D eigenvalue weighted by Gasteiger charge is 2.15. The topological polar surface area (TPSA) is 66.0 Å². The Kier molecular flexibility index (Phi) is 10.5. The molecular weight excluding hydrogens is 431 g/mol. The highest BCUT2D eigenvalue weighted by molar-refractivity contribution is 14.0. The Balaban J connectivity index is 0.00000576. The number of hydrogen-bond donors (Lipinski definition) is 2. The molecule has 0 aliphatic heterocycles. The highest BCUT2D eigenvalue weighted by atomic mass is 127. The van der Waals surface area contributed by atoms with Crippen LogP contribution in [-0.2, 0) is 11.3 Å². The fourth-order valence-electron chi connectivity index (χ4n) is 2.08. The molecule has 0 radical (unpaired) electrons. The minimum absolute atomic E-state index is 0. The molecule has 25 heavy (non-hydrogen) atoms. The number of halogens is 1. The summed E-state index contributed by atoms with van der Waals surface area (Å²) in [5.74, 6) is 0.779. The number of alkyl carbamates (subject to hydrolysis) is 1. The van der Waals surface area contributed by atoms with E-state index in [9.17, 15) is 4.79 Å². The Morgan fingerprint density at radius 3 is 2.24 bits per heavy atom. The zero-order chi connectivity index (χ0) is 18.2. The van der Waals surface area contributed by atoms with Crippen molar-refractivity contribution in [1.82, 2.24) is 15.5 Å². The molecular formula is C18H31IN4O2. The maximum absolute atomic E-state index is 11.6. The number of benzene rings is 1. The lowest BCUT2D eigenvalue weighted by Gasteiger charge is -2.23. The molecule has 0 heterocycles. The summed E-state index contributed by atoms with van der Waals surface area (Å²) in [5, 5.41) is 5.94. The van der Waals surface area contributed by atoms with Gasteiger partial charge in [0.1, 0.15) is 5.60 Å². The van der Waals surface area contributed by atoms with Crippen LogP contribution in [0.15, 0.2) is 29.3 Å². The number of ether oxygens (including phenoxy) is 1. The van der Waals surface area contributed by atoms with Gasteiger partial charge in [0.05, 0.1) is 0 Å². The van der Waals surface area contributed by atoms with Gasteiger partial charge in [0.15, 0.2) is 5.96 Å². The SMILES string of the molecule is CN=C(NCCNC(=O)OC(C)(C)C)N(C)Cc1ccc(C)cc1.I. The van der Waals surface area contributed by atoms with Crippen molar-refractivity contribution in [3.8, 4) is 0 Å². The summed E-state index contributed by atoms with van der Waals surface area (Å²) in [6, 6.07) is 8.43. The molecule has 0 aliphatic carbocycles. The Morgan fingerprint density at radius 1 is 1.16 bits per heavy atom. The van der Waals surface area contributed by atoms with E-state index in [0.717, 1.165) is 12.5 Å². The average Bonchev–Trinajstić information content (AvgIpc) is 2.47. The lowest BCUT2D eigenvalue weighted by Crippen LogP contribution is -2.43. The molecule has 0 fully saturated rings. The van der Waals surface area contributed by atoms with Crippen LogP contribution in [0.25, 0.3) is 0 Å². The van der Waals surface area contributed by atoms with Gasteiger partial charge in [-0.05, 0) is 33.3 Å². The van der Waals surface area contributed by atoms with Gasteiger partial charge in [-0.25, -0.2) is 4.79 Å². The van der Waals surface area contributed by atoms with E-state index in [2.05, 4.69) is 46.8 Å². The fourth-order valence-corrected chi connectivity index (χ4v) is 2.08. The molecule has 0 aromatic heterocycles. The maximum atomic E-state index is 11.6. The normalized spacial score (nSPS) is 11.4. The lowest BCUT2D eigenvalue weighted by molar-refractivity contribution is 0.0529. The number of amides is 1. The molecule has 1 aromatic carbocycles.